The molecule has 1 saturated carbocycles. The Morgan fingerprint density at radius 2 is 1.72 bits per heavy atom. The molecule has 0 radical (unpaired) electrons. The number of halogens is 1. The quantitative estimate of drug-likeness (QED) is 0.764. The Balaban J connectivity index is 1.63. The van der Waals surface area contributed by atoms with Crippen molar-refractivity contribution in [1.29, 1.82) is 0 Å². The molecule has 0 amide bonds. The van der Waals surface area contributed by atoms with Crippen LogP contribution in [0.4, 0.5) is 10.1 Å². The lowest BCUT2D eigenvalue weighted by Crippen LogP contribution is -2.40. The predicted octanol–water partition coefficient (Wildman–Crippen LogP) is 4.63. The van der Waals surface area contributed by atoms with Crippen LogP contribution in [0, 0.1) is 5.82 Å². The smallest absolute Gasteiger partial charge is 0.170 e. The van der Waals surface area contributed by atoms with Gasteiger partial charge in [-0.15, -0.1) is 0 Å². The van der Waals surface area contributed by atoms with Gasteiger partial charge in [0, 0.05) is 17.6 Å². The molecule has 3 nitrogen and oxygen atoms in total. The summed E-state index contributed by atoms with van der Waals surface area (Å²) in [7, 11) is 1.64. The normalized spacial score (nSPS) is 15.6. The topological polar surface area (TPSA) is 33.3 Å². The van der Waals surface area contributed by atoms with Gasteiger partial charge < -0.3 is 15.4 Å². The van der Waals surface area contributed by atoms with Crippen molar-refractivity contribution in [3.8, 4) is 5.75 Å². The molecule has 0 atom stereocenters. The minimum atomic E-state index is -0.193. The predicted molar refractivity (Wildman–Crippen MR) is 104 cm³/mol. The highest BCUT2D eigenvalue weighted by molar-refractivity contribution is 7.80. The second-order valence-corrected chi connectivity index (χ2v) is 6.94. The van der Waals surface area contributed by atoms with E-state index in [9.17, 15) is 4.39 Å². The second kappa shape index (κ2) is 7.83. The average molecular weight is 358 g/mol. The second-order valence-electron chi connectivity index (χ2n) is 6.53. The number of ether oxygens (including phenoxy) is 1. The Hall–Kier alpha value is -2.14. The highest BCUT2D eigenvalue weighted by Gasteiger charge is 2.35. The summed E-state index contributed by atoms with van der Waals surface area (Å²) in [6, 6.07) is 14.5. The van der Waals surface area contributed by atoms with E-state index in [0.29, 0.717) is 5.11 Å². The van der Waals surface area contributed by atoms with Gasteiger partial charge in [-0.25, -0.2) is 4.39 Å². The van der Waals surface area contributed by atoms with Crippen LogP contribution in [0.3, 0.4) is 0 Å². The largest absolute Gasteiger partial charge is 0.497 e. The summed E-state index contributed by atoms with van der Waals surface area (Å²) >= 11 is 5.44. The van der Waals surface area contributed by atoms with Gasteiger partial charge in [0.15, 0.2) is 5.11 Å². The van der Waals surface area contributed by atoms with Gasteiger partial charge in [0.2, 0.25) is 0 Å². The van der Waals surface area contributed by atoms with Crippen molar-refractivity contribution in [2.75, 3.05) is 19.0 Å². The summed E-state index contributed by atoms with van der Waals surface area (Å²) in [6.45, 7) is 0.751. The van der Waals surface area contributed by atoms with Crippen LogP contribution in [0.5, 0.6) is 5.75 Å². The standard InChI is InChI=1S/C20H23FN2OS/c1-24-18-10-8-17(9-11-18)23-19(25)22-14-20(12-2-3-13-20)15-4-6-16(21)7-5-15/h4-11H,2-3,12-14H2,1H3,(H2,22,23,25). The SMILES string of the molecule is COc1ccc(NC(=S)NCC2(c3ccc(F)cc3)CCCC2)cc1. The molecule has 0 saturated heterocycles. The Labute approximate surface area is 153 Å². The molecule has 2 aromatic carbocycles. The monoisotopic (exact) mass is 358 g/mol. The fourth-order valence-corrected chi connectivity index (χ4v) is 3.71. The van der Waals surface area contributed by atoms with E-state index in [4.69, 9.17) is 17.0 Å². The first-order valence-electron chi connectivity index (χ1n) is 8.56. The van der Waals surface area contributed by atoms with Crippen molar-refractivity contribution in [2.45, 2.75) is 31.1 Å². The van der Waals surface area contributed by atoms with E-state index < -0.39 is 0 Å². The van der Waals surface area contributed by atoms with E-state index in [2.05, 4.69) is 10.6 Å². The van der Waals surface area contributed by atoms with Gasteiger partial charge in [0.05, 0.1) is 7.11 Å². The van der Waals surface area contributed by atoms with E-state index in [1.54, 1.807) is 19.2 Å². The minimum absolute atomic E-state index is 0.0271. The van der Waals surface area contributed by atoms with Gasteiger partial charge in [-0.1, -0.05) is 25.0 Å². The Morgan fingerprint density at radius 1 is 1.08 bits per heavy atom. The van der Waals surface area contributed by atoms with Crippen molar-refractivity contribution >= 4 is 23.0 Å². The number of hydrogen-bond donors (Lipinski definition) is 2. The van der Waals surface area contributed by atoms with Crippen molar-refractivity contribution in [2.24, 2.45) is 0 Å². The molecule has 0 aliphatic heterocycles. The summed E-state index contributed by atoms with van der Waals surface area (Å²) in [4.78, 5) is 0. The summed E-state index contributed by atoms with van der Waals surface area (Å²) in [5, 5.41) is 7.15. The third-order valence-electron chi connectivity index (χ3n) is 4.95. The van der Waals surface area contributed by atoms with Crippen LogP contribution in [-0.4, -0.2) is 18.8 Å². The maximum atomic E-state index is 13.3. The van der Waals surface area contributed by atoms with E-state index in [-0.39, 0.29) is 11.2 Å². The molecule has 3 rings (SSSR count). The van der Waals surface area contributed by atoms with E-state index in [1.807, 2.05) is 36.4 Å². The minimum Gasteiger partial charge on any atom is -0.497 e. The molecular formula is C20H23FN2OS. The zero-order valence-corrected chi connectivity index (χ0v) is 15.2. The van der Waals surface area contributed by atoms with Gasteiger partial charge in [-0.05, 0) is 67.0 Å². The highest BCUT2D eigenvalue weighted by atomic mass is 32.1. The van der Waals surface area contributed by atoms with Crippen molar-refractivity contribution in [1.82, 2.24) is 5.32 Å². The number of benzene rings is 2. The van der Waals surface area contributed by atoms with Gasteiger partial charge in [-0.2, -0.15) is 0 Å². The third kappa shape index (κ3) is 4.28. The molecule has 25 heavy (non-hydrogen) atoms. The molecule has 0 aromatic heterocycles. The molecule has 132 valence electrons. The molecule has 1 fully saturated rings. The zero-order chi connectivity index (χ0) is 17.7. The maximum absolute atomic E-state index is 13.3. The lowest BCUT2D eigenvalue weighted by molar-refractivity contribution is 0.415. The van der Waals surface area contributed by atoms with Crippen molar-refractivity contribution < 1.29 is 9.13 Å². The zero-order valence-electron chi connectivity index (χ0n) is 14.3. The summed E-state index contributed by atoms with van der Waals surface area (Å²) in [6.07, 6.45) is 4.57. The van der Waals surface area contributed by atoms with E-state index in [0.717, 1.165) is 30.8 Å². The molecule has 1 aliphatic rings. The lowest BCUT2D eigenvalue weighted by atomic mass is 9.79. The molecule has 0 heterocycles. The summed E-state index contributed by atoms with van der Waals surface area (Å²) < 4.78 is 18.4. The van der Waals surface area contributed by atoms with E-state index >= 15 is 0 Å². The average Bonchev–Trinajstić information content (AvgIpc) is 3.11. The van der Waals surface area contributed by atoms with Crippen LogP contribution < -0.4 is 15.4 Å². The molecule has 2 N–H and O–H groups in total. The number of anilines is 1. The maximum Gasteiger partial charge on any atom is 0.170 e. The van der Waals surface area contributed by atoms with Gasteiger partial charge >= 0.3 is 0 Å². The van der Waals surface area contributed by atoms with Crippen LogP contribution in [0.2, 0.25) is 0 Å². The molecule has 0 bridgehead atoms. The highest BCUT2D eigenvalue weighted by Crippen LogP contribution is 2.40. The number of thiocarbonyl (C=S) groups is 1. The first-order chi connectivity index (χ1) is 12.1. The van der Waals surface area contributed by atoms with Crippen LogP contribution in [0.15, 0.2) is 48.5 Å². The van der Waals surface area contributed by atoms with Crippen molar-refractivity contribution in [3.05, 3.63) is 59.9 Å². The lowest BCUT2D eigenvalue weighted by Gasteiger charge is -2.30. The first kappa shape index (κ1) is 17.7. The number of rotatable bonds is 5. The molecular weight excluding hydrogens is 335 g/mol. The van der Waals surface area contributed by atoms with Gasteiger partial charge in [0.1, 0.15) is 11.6 Å². The molecule has 1 aliphatic carbocycles. The van der Waals surface area contributed by atoms with E-state index in [1.165, 1.54) is 18.4 Å². The van der Waals surface area contributed by atoms with Crippen LogP contribution in [-0.2, 0) is 5.41 Å². The van der Waals surface area contributed by atoms with Crippen LogP contribution in [0.25, 0.3) is 0 Å². The van der Waals surface area contributed by atoms with Gasteiger partial charge in [0.25, 0.3) is 0 Å². The third-order valence-corrected chi connectivity index (χ3v) is 5.20. The molecule has 0 spiro atoms. The van der Waals surface area contributed by atoms with Gasteiger partial charge in [-0.3, -0.25) is 0 Å². The number of methoxy groups -OCH3 is 1. The van der Waals surface area contributed by atoms with Crippen LogP contribution in [0.1, 0.15) is 31.2 Å². The van der Waals surface area contributed by atoms with Crippen molar-refractivity contribution in [3.63, 3.8) is 0 Å². The summed E-state index contributed by atoms with van der Waals surface area (Å²) in [5.41, 5.74) is 2.13. The molecule has 2 aromatic rings. The fourth-order valence-electron chi connectivity index (χ4n) is 3.52. The Bertz CT molecular complexity index is 709. The number of nitrogens with one attached hydrogen (secondary N) is 2. The Kier molecular flexibility index (Phi) is 5.53. The van der Waals surface area contributed by atoms with Crippen LogP contribution >= 0.6 is 12.2 Å². The number of hydrogen-bond acceptors (Lipinski definition) is 2. The molecule has 5 heteroatoms. The summed E-state index contributed by atoms with van der Waals surface area (Å²) in [5.74, 6) is 0.618. The first-order valence-corrected chi connectivity index (χ1v) is 8.97. The molecule has 0 unspecified atom stereocenters. The Morgan fingerprint density at radius 3 is 2.32 bits per heavy atom. The fraction of sp³-hybridized carbons (Fsp3) is 0.350.